The molecule has 0 heterocycles. The van der Waals surface area contributed by atoms with E-state index >= 15 is 0 Å². The molecule has 0 spiro atoms. The minimum Gasteiger partial charge on any atom is -0.457 e. The summed E-state index contributed by atoms with van der Waals surface area (Å²) < 4.78 is 5.91. The second kappa shape index (κ2) is 7.25. The van der Waals surface area contributed by atoms with Crippen molar-refractivity contribution in [2.75, 3.05) is 12.4 Å². The van der Waals surface area contributed by atoms with Gasteiger partial charge < -0.3 is 21.1 Å². The molecule has 0 radical (unpaired) electrons. The summed E-state index contributed by atoms with van der Waals surface area (Å²) >= 11 is 0. The third-order valence-electron chi connectivity index (χ3n) is 4.36. The summed E-state index contributed by atoms with van der Waals surface area (Å²) in [4.78, 5) is 22.8. The summed E-state index contributed by atoms with van der Waals surface area (Å²) in [5.41, 5.74) is 8.43. The Morgan fingerprint density at radius 2 is 1.92 bits per heavy atom. The highest BCUT2D eigenvalue weighted by Gasteiger charge is 2.23. The molecule has 0 fully saturated rings. The number of urea groups is 1. The van der Waals surface area contributed by atoms with E-state index in [9.17, 15) is 9.59 Å². The number of fused-ring (bicyclic) bond motifs is 1. The maximum Gasteiger partial charge on any atom is 0.318 e. The van der Waals surface area contributed by atoms with E-state index in [1.165, 1.54) is 5.56 Å². The molecule has 0 bridgehead atoms. The van der Waals surface area contributed by atoms with Gasteiger partial charge in [0.05, 0.1) is 0 Å². The molecule has 6 heteroatoms. The highest BCUT2D eigenvalue weighted by Crippen LogP contribution is 2.31. The fraction of sp³-hybridized carbons (Fsp3) is 0.263. The fourth-order valence-electron chi connectivity index (χ4n) is 3.01. The van der Waals surface area contributed by atoms with Crippen molar-refractivity contribution in [2.24, 2.45) is 11.7 Å². The average molecular weight is 339 g/mol. The molecule has 1 aliphatic carbocycles. The van der Waals surface area contributed by atoms with Crippen molar-refractivity contribution in [3.63, 3.8) is 0 Å². The van der Waals surface area contributed by atoms with Gasteiger partial charge in [0.2, 0.25) is 5.91 Å². The number of nitrogens with one attached hydrogen (secondary N) is 2. The number of nitrogens with two attached hydrogens (primary N) is 1. The molecule has 2 aromatic carbocycles. The van der Waals surface area contributed by atoms with Crippen molar-refractivity contribution in [1.82, 2.24) is 5.32 Å². The van der Waals surface area contributed by atoms with Crippen molar-refractivity contribution in [3.05, 3.63) is 53.6 Å². The number of hydrogen-bond donors (Lipinski definition) is 3. The van der Waals surface area contributed by atoms with E-state index in [1.807, 2.05) is 30.3 Å². The summed E-state index contributed by atoms with van der Waals surface area (Å²) in [5, 5.41) is 5.21. The zero-order valence-corrected chi connectivity index (χ0v) is 14.0. The number of ether oxygens (including phenoxy) is 1. The third-order valence-corrected chi connectivity index (χ3v) is 4.36. The zero-order valence-electron chi connectivity index (χ0n) is 14.0. The molecule has 130 valence electrons. The number of amides is 3. The van der Waals surface area contributed by atoms with Gasteiger partial charge in [-0.05, 0) is 54.7 Å². The zero-order chi connectivity index (χ0) is 17.8. The van der Waals surface area contributed by atoms with Crippen LogP contribution in [0.4, 0.5) is 10.5 Å². The second-order valence-electron chi connectivity index (χ2n) is 6.11. The van der Waals surface area contributed by atoms with Crippen LogP contribution in [0, 0.1) is 5.92 Å². The minimum atomic E-state index is -0.288. The first kappa shape index (κ1) is 16.8. The number of benzene rings is 2. The van der Waals surface area contributed by atoms with Crippen LogP contribution in [0.2, 0.25) is 0 Å². The van der Waals surface area contributed by atoms with Gasteiger partial charge in [0.15, 0.2) is 0 Å². The Morgan fingerprint density at radius 1 is 1.12 bits per heavy atom. The summed E-state index contributed by atoms with van der Waals surface area (Å²) in [7, 11) is 1.56. The van der Waals surface area contributed by atoms with Crippen LogP contribution in [-0.2, 0) is 17.6 Å². The smallest absolute Gasteiger partial charge is 0.318 e. The van der Waals surface area contributed by atoms with Gasteiger partial charge in [0, 0.05) is 24.7 Å². The van der Waals surface area contributed by atoms with Crippen LogP contribution in [-0.4, -0.2) is 19.0 Å². The van der Waals surface area contributed by atoms with Gasteiger partial charge >= 0.3 is 6.03 Å². The van der Waals surface area contributed by atoms with E-state index in [-0.39, 0.29) is 17.9 Å². The molecule has 3 rings (SSSR count). The van der Waals surface area contributed by atoms with Gasteiger partial charge in [-0.1, -0.05) is 12.1 Å². The first-order valence-electron chi connectivity index (χ1n) is 8.23. The van der Waals surface area contributed by atoms with E-state index in [2.05, 4.69) is 10.6 Å². The molecule has 2 aromatic rings. The molecule has 0 aliphatic heterocycles. The Kier molecular flexibility index (Phi) is 4.88. The van der Waals surface area contributed by atoms with Crippen molar-refractivity contribution < 1.29 is 14.3 Å². The number of hydrogen-bond acceptors (Lipinski definition) is 3. The van der Waals surface area contributed by atoms with Crippen molar-refractivity contribution in [1.29, 1.82) is 0 Å². The monoisotopic (exact) mass is 339 g/mol. The number of anilines is 1. The van der Waals surface area contributed by atoms with Crippen LogP contribution in [0.3, 0.4) is 0 Å². The van der Waals surface area contributed by atoms with Crippen LogP contribution < -0.4 is 21.1 Å². The minimum absolute atomic E-state index is 0.108. The molecule has 4 N–H and O–H groups in total. The largest absolute Gasteiger partial charge is 0.457 e. The lowest BCUT2D eigenvalue weighted by atomic mass is 9.83. The number of carbonyl (C=O) groups is 2. The summed E-state index contributed by atoms with van der Waals surface area (Å²) in [6.45, 7) is 0. The molecular weight excluding hydrogens is 318 g/mol. The Balaban J connectivity index is 1.76. The van der Waals surface area contributed by atoms with E-state index in [1.54, 1.807) is 19.2 Å². The highest BCUT2D eigenvalue weighted by molar-refractivity contribution is 5.89. The molecule has 1 aliphatic rings. The Hall–Kier alpha value is -3.02. The first-order valence-corrected chi connectivity index (χ1v) is 8.23. The van der Waals surface area contributed by atoms with Gasteiger partial charge in [0.25, 0.3) is 0 Å². The van der Waals surface area contributed by atoms with E-state index in [0.717, 1.165) is 18.4 Å². The number of primary amides is 1. The fourth-order valence-corrected chi connectivity index (χ4v) is 3.01. The van der Waals surface area contributed by atoms with Crippen molar-refractivity contribution in [3.8, 4) is 11.5 Å². The Labute approximate surface area is 146 Å². The molecule has 0 aromatic heterocycles. The highest BCUT2D eigenvalue weighted by atomic mass is 16.5. The normalized spacial score (nSPS) is 15.8. The standard InChI is InChI=1S/C19H21N3O3/c1-21-19(24)22-15-3-2-4-16(11-15)25-17-8-7-12-5-6-13(18(20)23)9-14(12)10-17/h2-4,7-8,10-11,13H,5-6,9H2,1H3,(H2,20,23)(H2,21,22,24). The molecule has 0 saturated heterocycles. The van der Waals surface area contributed by atoms with Gasteiger partial charge in [-0.2, -0.15) is 0 Å². The van der Waals surface area contributed by atoms with E-state index in [4.69, 9.17) is 10.5 Å². The summed E-state index contributed by atoms with van der Waals surface area (Å²) in [5.74, 6) is 0.963. The van der Waals surface area contributed by atoms with Crippen molar-refractivity contribution >= 4 is 17.6 Å². The first-order chi connectivity index (χ1) is 12.0. The van der Waals surface area contributed by atoms with Gasteiger partial charge in [-0.15, -0.1) is 0 Å². The van der Waals surface area contributed by atoms with Crippen LogP contribution in [0.5, 0.6) is 11.5 Å². The SMILES string of the molecule is CNC(=O)Nc1cccc(Oc2ccc3c(c2)CC(C(N)=O)CC3)c1. The molecule has 0 saturated carbocycles. The molecule has 3 amide bonds. The molecule has 25 heavy (non-hydrogen) atoms. The third kappa shape index (κ3) is 4.09. The summed E-state index contributed by atoms with van der Waals surface area (Å²) in [6.07, 6.45) is 2.31. The van der Waals surface area contributed by atoms with Gasteiger partial charge in [-0.25, -0.2) is 4.79 Å². The Morgan fingerprint density at radius 3 is 2.68 bits per heavy atom. The molecule has 1 atom stereocenters. The second-order valence-corrected chi connectivity index (χ2v) is 6.11. The maximum absolute atomic E-state index is 11.4. The maximum atomic E-state index is 11.4. The predicted molar refractivity (Wildman–Crippen MR) is 95.7 cm³/mol. The van der Waals surface area contributed by atoms with Gasteiger partial charge in [-0.3, -0.25) is 4.79 Å². The lowest BCUT2D eigenvalue weighted by Crippen LogP contribution is -2.28. The van der Waals surface area contributed by atoms with Crippen LogP contribution in [0.25, 0.3) is 0 Å². The quantitative estimate of drug-likeness (QED) is 0.799. The Bertz CT molecular complexity index is 804. The topological polar surface area (TPSA) is 93.4 Å². The molecule has 6 nitrogen and oxygen atoms in total. The predicted octanol–water partition coefficient (Wildman–Crippen LogP) is 2.82. The number of carbonyl (C=O) groups excluding carboxylic acids is 2. The van der Waals surface area contributed by atoms with E-state index in [0.29, 0.717) is 23.6 Å². The molecular formula is C19H21N3O3. The summed E-state index contributed by atoms with van der Waals surface area (Å²) in [6, 6.07) is 12.8. The van der Waals surface area contributed by atoms with E-state index < -0.39 is 0 Å². The van der Waals surface area contributed by atoms with Crippen LogP contribution >= 0.6 is 0 Å². The van der Waals surface area contributed by atoms with Crippen molar-refractivity contribution in [2.45, 2.75) is 19.3 Å². The average Bonchev–Trinajstić information content (AvgIpc) is 2.61. The lowest BCUT2D eigenvalue weighted by Gasteiger charge is -2.22. The number of aryl methyl sites for hydroxylation is 1. The van der Waals surface area contributed by atoms with Gasteiger partial charge in [0.1, 0.15) is 11.5 Å². The van der Waals surface area contributed by atoms with Crippen LogP contribution in [0.15, 0.2) is 42.5 Å². The number of rotatable bonds is 4. The lowest BCUT2D eigenvalue weighted by molar-refractivity contribution is -0.122. The van der Waals surface area contributed by atoms with Crippen LogP contribution in [0.1, 0.15) is 17.5 Å². The molecule has 1 unspecified atom stereocenters.